The monoisotopic (exact) mass is 480 g/mol. The Morgan fingerprint density at radius 1 is 1.03 bits per heavy atom. The molecule has 4 nitrogen and oxygen atoms in total. The third kappa shape index (κ3) is 8.40. The summed E-state index contributed by atoms with van der Waals surface area (Å²) in [6.07, 6.45) is 0.540. The Kier molecular flexibility index (Phi) is 9.73. The number of carbonyl (C=O) groups excluding carboxylic acids is 2. The third-order valence-corrected chi connectivity index (χ3v) is 6.29. The summed E-state index contributed by atoms with van der Waals surface area (Å²) in [7, 11) is 0. The van der Waals surface area contributed by atoms with Gasteiger partial charge >= 0.3 is 0 Å². The lowest BCUT2D eigenvalue weighted by Gasteiger charge is -2.33. The van der Waals surface area contributed by atoms with Crippen LogP contribution in [0.25, 0.3) is 0 Å². The molecule has 1 N–H and O–H groups in total. The van der Waals surface area contributed by atoms with E-state index in [4.69, 9.17) is 23.2 Å². The van der Waals surface area contributed by atoms with Crippen molar-refractivity contribution in [2.24, 2.45) is 0 Å². The van der Waals surface area contributed by atoms with Crippen LogP contribution in [0.1, 0.15) is 45.2 Å². The molecule has 0 aliphatic rings. The van der Waals surface area contributed by atoms with Crippen LogP contribution in [0.5, 0.6) is 0 Å². The Hall–Kier alpha value is -1.69. The molecule has 0 heterocycles. The van der Waals surface area contributed by atoms with Crippen molar-refractivity contribution in [3.05, 3.63) is 69.7 Å². The Labute approximate surface area is 199 Å². The fraction of sp³-hybridized carbons (Fsp3) is 0.417. The molecule has 0 aromatic heterocycles. The van der Waals surface area contributed by atoms with E-state index in [1.165, 1.54) is 11.8 Å². The second kappa shape index (κ2) is 11.8. The lowest BCUT2D eigenvalue weighted by Crippen LogP contribution is -2.53. The molecule has 7 heteroatoms. The summed E-state index contributed by atoms with van der Waals surface area (Å²) in [6, 6.07) is 14.7. The minimum Gasteiger partial charge on any atom is -0.350 e. The van der Waals surface area contributed by atoms with Crippen molar-refractivity contribution in [2.75, 3.05) is 5.75 Å². The largest absolute Gasteiger partial charge is 0.350 e. The van der Waals surface area contributed by atoms with E-state index in [0.29, 0.717) is 28.8 Å². The van der Waals surface area contributed by atoms with E-state index >= 15 is 0 Å². The molecule has 0 radical (unpaired) electrons. The van der Waals surface area contributed by atoms with Crippen molar-refractivity contribution < 1.29 is 9.59 Å². The molecule has 1 unspecified atom stereocenters. The molecule has 2 aromatic carbocycles. The van der Waals surface area contributed by atoms with Crippen LogP contribution in [0.4, 0.5) is 0 Å². The van der Waals surface area contributed by atoms with Gasteiger partial charge in [-0.15, -0.1) is 11.8 Å². The van der Waals surface area contributed by atoms with Crippen LogP contribution in [-0.2, 0) is 21.9 Å². The van der Waals surface area contributed by atoms with Gasteiger partial charge in [0, 0.05) is 17.8 Å². The highest BCUT2D eigenvalue weighted by Crippen LogP contribution is 2.25. The molecule has 2 rings (SSSR count). The van der Waals surface area contributed by atoms with Crippen molar-refractivity contribution in [3.63, 3.8) is 0 Å². The molecule has 168 valence electrons. The van der Waals surface area contributed by atoms with Crippen molar-refractivity contribution in [2.45, 2.75) is 58.0 Å². The van der Waals surface area contributed by atoms with E-state index in [2.05, 4.69) is 5.32 Å². The summed E-state index contributed by atoms with van der Waals surface area (Å²) in [5, 5.41) is 4.03. The number of hydrogen-bond acceptors (Lipinski definition) is 3. The predicted molar refractivity (Wildman–Crippen MR) is 132 cm³/mol. The Balaban J connectivity index is 2.12. The van der Waals surface area contributed by atoms with Gasteiger partial charge in [-0.3, -0.25) is 9.59 Å². The van der Waals surface area contributed by atoms with E-state index in [9.17, 15) is 9.59 Å². The van der Waals surface area contributed by atoms with E-state index < -0.39 is 6.04 Å². The highest BCUT2D eigenvalue weighted by atomic mass is 35.5. The smallest absolute Gasteiger partial charge is 0.243 e. The topological polar surface area (TPSA) is 49.4 Å². The maximum Gasteiger partial charge on any atom is 0.243 e. The number of benzene rings is 2. The number of thioether (sulfide) groups is 1. The Bertz CT molecular complexity index is 885. The number of nitrogens with one attached hydrogen (secondary N) is 1. The summed E-state index contributed by atoms with van der Waals surface area (Å²) in [6.45, 7) is 8.14. The van der Waals surface area contributed by atoms with Gasteiger partial charge in [-0.05, 0) is 50.5 Å². The highest BCUT2D eigenvalue weighted by molar-refractivity contribution is 7.99. The molecule has 0 saturated heterocycles. The standard InChI is InChI=1S/C24H30Cl2N2O2S/c1-5-21(23(30)27-24(2,3)4)28(14-17-9-7-6-8-10-17)22(29)16-31-15-18-11-12-19(25)20(26)13-18/h6-13,21H,5,14-16H2,1-4H3,(H,27,30). The molecule has 2 amide bonds. The Morgan fingerprint density at radius 3 is 2.29 bits per heavy atom. The first-order chi connectivity index (χ1) is 14.6. The molecule has 0 spiro atoms. The molecule has 31 heavy (non-hydrogen) atoms. The van der Waals surface area contributed by atoms with Gasteiger partial charge in [0.15, 0.2) is 0 Å². The molecule has 2 aromatic rings. The average Bonchev–Trinajstić information content (AvgIpc) is 2.70. The van der Waals surface area contributed by atoms with Crippen molar-refractivity contribution in [1.29, 1.82) is 0 Å². The third-order valence-electron chi connectivity index (χ3n) is 4.56. The summed E-state index contributed by atoms with van der Waals surface area (Å²) in [5.41, 5.74) is 1.63. The highest BCUT2D eigenvalue weighted by Gasteiger charge is 2.30. The predicted octanol–water partition coefficient (Wildman–Crippen LogP) is 5.95. The van der Waals surface area contributed by atoms with Crippen LogP contribution in [0.2, 0.25) is 10.0 Å². The second-order valence-corrected chi connectivity index (χ2v) is 10.2. The van der Waals surface area contributed by atoms with Gasteiger partial charge in [-0.1, -0.05) is 66.5 Å². The number of rotatable bonds is 9. The van der Waals surface area contributed by atoms with Crippen molar-refractivity contribution in [1.82, 2.24) is 10.2 Å². The van der Waals surface area contributed by atoms with E-state index in [1.54, 1.807) is 11.0 Å². The van der Waals surface area contributed by atoms with Crippen LogP contribution in [0.15, 0.2) is 48.5 Å². The van der Waals surface area contributed by atoms with Gasteiger partial charge in [-0.2, -0.15) is 0 Å². The number of amides is 2. The van der Waals surface area contributed by atoms with Gasteiger partial charge in [-0.25, -0.2) is 0 Å². The Morgan fingerprint density at radius 2 is 1.71 bits per heavy atom. The van der Waals surface area contributed by atoms with Gasteiger partial charge in [0.25, 0.3) is 0 Å². The van der Waals surface area contributed by atoms with Gasteiger partial charge in [0.2, 0.25) is 11.8 Å². The second-order valence-electron chi connectivity index (χ2n) is 8.41. The zero-order chi connectivity index (χ0) is 23.0. The number of halogens is 2. The van der Waals surface area contributed by atoms with Gasteiger partial charge in [0.1, 0.15) is 6.04 Å². The lowest BCUT2D eigenvalue weighted by atomic mass is 10.1. The first-order valence-electron chi connectivity index (χ1n) is 10.3. The van der Waals surface area contributed by atoms with E-state index in [-0.39, 0.29) is 23.1 Å². The molecule has 0 fully saturated rings. The minimum atomic E-state index is -0.530. The fourth-order valence-corrected chi connectivity index (χ4v) is 4.30. The number of hydrogen-bond donors (Lipinski definition) is 1. The maximum atomic E-state index is 13.2. The normalized spacial score (nSPS) is 12.3. The van der Waals surface area contributed by atoms with Crippen LogP contribution in [0, 0.1) is 0 Å². The molecular weight excluding hydrogens is 451 g/mol. The number of nitrogens with zero attached hydrogens (tertiary/aromatic N) is 1. The molecule has 1 atom stereocenters. The summed E-state index contributed by atoms with van der Waals surface area (Å²) in [4.78, 5) is 27.9. The SMILES string of the molecule is CCC(C(=O)NC(C)(C)C)N(Cc1ccccc1)C(=O)CSCc1ccc(Cl)c(Cl)c1. The lowest BCUT2D eigenvalue weighted by molar-refractivity contribution is -0.140. The van der Waals surface area contributed by atoms with Crippen LogP contribution >= 0.6 is 35.0 Å². The summed E-state index contributed by atoms with van der Waals surface area (Å²) >= 11 is 13.6. The zero-order valence-electron chi connectivity index (χ0n) is 18.5. The quantitative estimate of drug-likeness (QED) is 0.482. The average molecular weight is 481 g/mol. The van der Waals surface area contributed by atoms with Crippen LogP contribution in [0.3, 0.4) is 0 Å². The molecule has 0 saturated carbocycles. The first kappa shape index (κ1) is 25.6. The fourth-order valence-electron chi connectivity index (χ4n) is 3.12. The van der Waals surface area contributed by atoms with Crippen LogP contribution < -0.4 is 5.32 Å². The minimum absolute atomic E-state index is 0.0650. The van der Waals surface area contributed by atoms with Crippen LogP contribution in [-0.4, -0.2) is 34.0 Å². The van der Waals surface area contributed by atoms with Crippen molar-refractivity contribution in [3.8, 4) is 0 Å². The molecular formula is C24H30Cl2N2O2S. The van der Waals surface area contributed by atoms with Gasteiger partial charge in [0.05, 0.1) is 15.8 Å². The number of carbonyl (C=O) groups is 2. The maximum absolute atomic E-state index is 13.2. The van der Waals surface area contributed by atoms with E-state index in [1.807, 2.05) is 70.2 Å². The molecule has 0 bridgehead atoms. The first-order valence-corrected chi connectivity index (χ1v) is 12.2. The molecule has 0 aliphatic heterocycles. The molecule has 0 aliphatic carbocycles. The van der Waals surface area contributed by atoms with Gasteiger partial charge < -0.3 is 10.2 Å². The van der Waals surface area contributed by atoms with Crippen molar-refractivity contribution >= 4 is 46.8 Å². The summed E-state index contributed by atoms with van der Waals surface area (Å²) < 4.78 is 0. The van der Waals surface area contributed by atoms with E-state index in [0.717, 1.165) is 11.1 Å². The summed E-state index contributed by atoms with van der Waals surface area (Å²) in [5.74, 6) is 0.706. The zero-order valence-corrected chi connectivity index (χ0v) is 20.8.